The fourth-order valence-electron chi connectivity index (χ4n) is 2.36. The van der Waals surface area contributed by atoms with E-state index in [4.69, 9.17) is 4.74 Å². The van der Waals surface area contributed by atoms with Crippen molar-refractivity contribution in [3.63, 3.8) is 0 Å². The zero-order valence-electron chi connectivity index (χ0n) is 13.4. The molecule has 0 bridgehead atoms. The van der Waals surface area contributed by atoms with E-state index in [1.54, 1.807) is 12.1 Å². The summed E-state index contributed by atoms with van der Waals surface area (Å²) < 4.78 is 7.09. The van der Waals surface area contributed by atoms with Crippen LogP contribution in [-0.2, 0) is 4.79 Å². The second-order valence-electron chi connectivity index (χ2n) is 5.38. The van der Waals surface area contributed by atoms with Crippen molar-refractivity contribution in [2.75, 3.05) is 6.61 Å². The van der Waals surface area contributed by atoms with E-state index in [0.29, 0.717) is 11.3 Å². The third kappa shape index (κ3) is 4.42. The van der Waals surface area contributed by atoms with Crippen LogP contribution < -0.4 is 10.2 Å². The first-order chi connectivity index (χ1) is 12.5. The number of nitrogens with zero attached hydrogens (tertiary/aromatic N) is 1. The molecule has 0 saturated carbocycles. The molecule has 3 aromatic carbocycles. The van der Waals surface area contributed by atoms with Gasteiger partial charge in [0.2, 0.25) is 0 Å². The minimum absolute atomic E-state index is 0.0942. The maximum absolute atomic E-state index is 11.9. The first-order valence-corrected chi connectivity index (χ1v) is 9.23. The topological polar surface area (TPSA) is 70.9 Å². The third-order valence-corrected chi connectivity index (χ3v) is 4.70. The lowest BCUT2D eigenvalue weighted by atomic mass is 10.0. The van der Waals surface area contributed by atoms with Gasteiger partial charge >= 0.3 is 0 Å². The molecule has 0 aliphatic carbocycles. The normalized spacial score (nSPS) is 11.0. The summed E-state index contributed by atoms with van der Waals surface area (Å²) in [4.78, 5) is 11.9. The minimum Gasteiger partial charge on any atom is -0.507 e. The number of hydrogen-bond acceptors (Lipinski definition) is 4. The molecule has 132 valence electrons. The van der Waals surface area contributed by atoms with Crippen LogP contribution in [-0.4, -0.2) is 23.8 Å². The number of hydrogen-bond donors (Lipinski definition) is 2. The van der Waals surface area contributed by atoms with E-state index < -0.39 is 5.91 Å². The van der Waals surface area contributed by atoms with E-state index in [0.717, 1.165) is 19.7 Å². The predicted octanol–water partition coefficient (Wildman–Crippen LogP) is 4.60. The Morgan fingerprint density at radius 3 is 2.77 bits per heavy atom. The molecule has 0 aromatic heterocycles. The number of aromatic hydroxyl groups is 1. The zero-order valence-corrected chi connectivity index (χ0v) is 16.6. The molecule has 0 unspecified atom stereocenters. The Balaban J connectivity index is 1.64. The van der Waals surface area contributed by atoms with E-state index in [2.05, 4.69) is 42.4 Å². The number of amides is 1. The van der Waals surface area contributed by atoms with Crippen LogP contribution in [0.4, 0.5) is 0 Å². The van der Waals surface area contributed by atoms with Crippen LogP contribution >= 0.6 is 31.9 Å². The summed E-state index contributed by atoms with van der Waals surface area (Å²) in [6.07, 6.45) is 1.42. The summed E-state index contributed by atoms with van der Waals surface area (Å²) >= 11 is 6.72. The lowest BCUT2D eigenvalue weighted by molar-refractivity contribution is -0.123. The number of phenolic OH excluding ortho intramolecular Hbond substituents is 1. The SMILES string of the molecule is O=C(COc1ccc(Br)cc1Br)N/N=C/c1c(O)ccc2ccccc12. The summed E-state index contributed by atoms with van der Waals surface area (Å²) in [5.41, 5.74) is 2.94. The van der Waals surface area contributed by atoms with Crippen molar-refractivity contribution in [2.45, 2.75) is 0 Å². The van der Waals surface area contributed by atoms with E-state index in [1.807, 2.05) is 42.5 Å². The molecule has 7 heteroatoms. The molecule has 0 atom stereocenters. The maximum Gasteiger partial charge on any atom is 0.277 e. The Kier molecular flexibility index (Phi) is 5.90. The van der Waals surface area contributed by atoms with Crippen LogP contribution in [0.3, 0.4) is 0 Å². The van der Waals surface area contributed by atoms with Gasteiger partial charge in [-0.2, -0.15) is 5.10 Å². The number of carbonyl (C=O) groups is 1. The highest BCUT2D eigenvalue weighted by atomic mass is 79.9. The molecule has 5 nitrogen and oxygen atoms in total. The van der Waals surface area contributed by atoms with E-state index in [-0.39, 0.29) is 12.4 Å². The summed E-state index contributed by atoms with van der Waals surface area (Å²) in [6, 6.07) is 16.4. The fourth-order valence-corrected chi connectivity index (χ4v) is 3.52. The van der Waals surface area contributed by atoms with Gasteiger partial charge in [0, 0.05) is 10.0 Å². The van der Waals surface area contributed by atoms with Crippen molar-refractivity contribution in [2.24, 2.45) is 5.10 Å². The highest BCUT2D eigenvalue weighted by molar-refractivity contribution is 9.11. The standard InChI is InChI=1S/C19H14Br2N2O3/c20-13-6-8-18(16(21)9-13)26-11-19(25)23-22-10-15-14-4-2-1-3-12(14)5-7-17(15)24/h1-10,24H,11H2,(H,23,25)/b22-10+. The number of fused-ring (bicyclic) bond motifs is 1. The summed E-state index contributed by atoms with van der Waals surface area (Å²) in [6.45, 7) is -0.181. The van der Waals surface area contributed by atoms with Crippen LogP contribution in [0.15, 0.2) is 68.6 Å². The number of nitrogens with one attached hydrogen (secondary N) is 1. The number of ether oxygens (including phenoxy) is 1. The Morgan fingerprint density at radius 1 is 1.15 bits per heavy atom. The second-order valence-corrected chi connectivity index (χ2v) is 7.15. The average molecular weight is 478 g/mol. The van der Waals surface area contributed by atoms with Gasteiger partial charge in [0.15, 0.2) is 6.61 Å². The van der Waals surface area contributed by atoms with Gasteiger partial charge in [-0.3, -0.25) is 4.79 Å². The number of halogens is 2. The van der Waals surface area contributed by atoms with Gasteiger partial charge in [-0.25, -0.2) is 5.43 Å². The van der Waals surface area contributed by atoms with Gasteiger partial charge < -0.3 is 9.84 Å². The number of hydrazone groups is 1. The molecule has 0 heterocycles. The molecule has 0 fully saturated rings. The lowest BCUT2D eigenvalue weighted by Crippen LogP contribution is -2.24. The second kappa shape index (κ2) is 8.33. The van der Waals surface area contributed by atoms with Crippen LogP contribution in [0, 0.1) is 0 Å². The molecule has 0 radical (unpaired) electrons. The quantitative estimate of drug-likeness (QED) is 0.416. The third-order valence-electron chi connectivity index (χ3n) is 3.58. The van der Waals surface area contributed by atoms with Crippen molar-refractivity contribution in [3.05, 3.63) is 69.1 Å². The highest BCUT2D eigenvalue weighted by Gasteiger charge is 2.07. The monoisotopic (exact) mass is 476 g/mol. The van der Waals surface area contributed by atoms with E-state index in [1.165, 1.54) is 6.21 Å². The van der Waals surface area contributed by atoms with Crippen LogP contribution in [0.25, 0.3) is 10.8 Å². The summed E-state index contributed by atoms with van der Waals surface area (Å²) in [7, 11) is 0. The average Bonchev–Trinajstić information content (AvgIpc) is 2.63. The zero-order chi connectivity index (χ0) is 18.5. The fraction of sp³-hybridized carbons (Fsp3) is 0.0526. The van der Waals surface area contributed by atoms with Crippen molar-refractivity contribution in [1.82, 2.24) is 5.43 Å². The van der Waals surface area contributed by atoms with E-state index in [9.17, 15) is 9.90 Å². The summed E-state index contributed by atoms with van der Waals surface area (Å²) in [5, 5.41) is 15.8. The molecule has 26 heavy (non-hydrogen) atoms. The Morgan fingerprint density at radius 2 is 1.96 bits per heavy atom. The minimum atomic E-state index is -0.407. The molecular formula is C19H14Br2N2O3. The van der Waals surface area contributed by atoms with Crippen LogP contribution in [0.1, 0.15) is 5.56 Å². The molecule has 3 aromatic rings. The lowest BCUT2D eigenvalue weighted by Gasteiger charge is -2.07. The number of phenols is 1. The molecule has 0 saturated heterocycles. The van der Waals surface area contributed by atoms with Gasteiger partial charge in [0.1, 0.15) is 11.5 Å². The smallest absolute Gasteiger partial charge is 0.277 e. The van der Waals surface area contributed by atoms with Crippen molar-refractivity contribution in [3.8, 4) is 11.5 Å². The maximum atomic E-state index is 11.9. The largest absolute Gasteiger partial charge is 0.507 e. The van der Waals surface area contributed by atoms with Gasteiger partial charge in [-0.1, -0.05) is 46.3 Å². The Bertz CT molecular complexity index is 990. The Hall–Kier alpha value is -2.38. The van der Waals surface area contributed by atoms with Crippen molar-refractivity contribution >= 4 is 54.8 Å². The van der Waals surface area contributed by atoms with E-state index >= 15 is 0 Å². The molecule has 0 aliphatic heterocycles. The van der Waals surface area contributed by atoms with Gasteiger partial charge in [0.05, 0.1) is 10.7 Å². The van der Waals surface area contributed by atoms with Crippen molar-refractivity contribution in [1.29, 1.82) is 0 Å². The van der Waals surface area contributed by atoms with Crippen LogP contribution in [0.5, 0.6) is 11.5 Å². The first kappa shape index (κ1) is 18.4. The molecule has 0 spiro atoms. The summed E-state index contributed by atoms with van der Waals surface area (Å²) in [5.74, 6) is 0.242. The number of carbonyl (C=O) groups excluding carboxylic acids is 1. The van der Waals surface area contributed by atoms with Gasteiger partial charge in [-0.15, -0.1) is 0 Å². The molecular weight excluding hydrogens is 464 g/mol. The predicted molar refractivity (Wildman–Crippen MR) is 109 cm³/mol. The molecule has 2 N–H and O–H groups in total. The first-order valence-electron chi connectivity index (χ1n) is 7.65. The number of benzene rings is 3. The Labute approximate surface area is 166 Å². The van der Waals surface area contributed by atoms with Crippen LogP contribution in [0.2, 0.25) is 0 Å². The van der Waals surface area contributed by atoms with Gasteiger partial charge in [0.25, 0.3) is 5.91 Å². The molecule has 1 amide bonds. The molecule has 3 rings (SSSR count). The van der Waals surface area contributed by atoms with Crippen molar-refractivity contribution < 1.29 is 14.6 Å². The molecule has 0 aliphatic rings. The van der Waals surface area contributed by atoms with Gasteiger partial charge in [-0.05, 0) is 51.0 Å². The number of rotatable bonds is 5. The highest BCUT2D eigenvalue weighted by Crippen LogP contribution is 2.28.